The Labute approximate surface area is 225 Å². The highest BCUT2D eigenvalue weighted by atomic mass is 19.4. The van der Waals surface area contributed by atoms with Crippen molar-refractivity contribution in [3.63, 3.8) is 0 Å². The summed E-state index contributed by atoms with van der Waals surface area (Å²) in [4.78, 5) is 44.8. The molecule has 15 heteroatoms. The van der Waals surface area contributed by atoms with Gasteiger partial charge >= 0.3 is 6.18 Å². The molecule has 8 N–H and O–H groups in total. The number of oxime groups is 1. The number of nitrogen functional groups attached to an aromatic ring is 1. The summed E-state index contributed by atoms with van der Waals surface area (Å²) in [5.74, 6) is -8.33. The highest BCUT2D eigenvalue weighted by molar-refractivity contribution is 6.24. The largest absolute Gasteiger partial charge is 0.508 e. The number of benzene rings is 1. The van der Waals surface area contributed by atoms with Crippen LogP contribution in [0.2, 0.25) is 0 Å². The number of carbonyl (C=O) groups excluding carboxylic acids is 3. The quantitative estimate of drug-likeness (QED) is 0.0970. The third kappa shape index (κ3) is 4.25. The van der Waals surface area contributed by atoms with Crippen molar-refractivity contribution in [2.24, 2.45) is 22.7 Å². The molecular weight excluding hydrogens is 541 g/mol. The van der Waals surface area contributed by atoms with Crippen LogP contribution in [0, 0.1) is 11.8 Å². The number of rotatable bonds is 5. The second-order valence-electron chi connectivity index (χ2n) is 10.2. The van der Waals surface area contributed by atoms with Crippen molar-refractivity contribution in [1.82, 2.24) is 4.90 Å². The minimum atomic E-state index is -4.65. The highest BCUT2D eigenvalue weighted by Gasteiger charge is 2.64. The Morgan fingerprint density at radius 2 is 1.88 bits per heavy atom. The number of ketones is 2. The molecule has 3 aliphatic carbocycles. The minimum absolute atomic E-state index is 0.0761. The van der Waals surface area contributed by atoms with Crippen LogP contribution in [0.3, 0.4) is 0 Å². The Bertz CT molecular complexity index is 1430. The second-order valence-corrected chi connectivity index (χ2v) is 10.2. The number of hydrogen-bond acceptors (Lipinski definition) is 11. The predicted molar refractivity (Wildman–Crippen MR) is 133 cm³/mol. The lowest BCUT2D eigenvalue weighted by molar-refractivity contribution is -0.173. The van der Waals surface area contributed by atoms with Gasteiger partial charge in [0.1, 0.15) is 22.8 Å². The Morgan fingerprint density at radius 3 is 2.42 bits per heavy atom. The van der Waals surface area contributed by atoms with Crippen LogP contribution in [0.1, 0.15) is 30.0 Å². The number of nitrogens with two attached hydrogens (primary N) is 2. The lowest BCUT2D eigenvalue weighted by atomic mass is 9.57. The fourth-order valence-corrected chi connectivity index (χ4v) is 5.91. The van der Waals surface area contributed by atoms with Gasteiger partial charge in [0, 0.05) is 17.1 Å². The van der Waals surface area contributed by atoms with Crippen LogP contribution in [0.25, 0.3) is 5.76 Å². The van der Waals surface area contributed by atoms with Crippen LogP contribution < -0.4 is 11.5 Å². The van der Waals surface area contributed by atoms with Gasteiger partial charge in [0.15, 0.2) is 11.4 Å². The summed E-state index contributed by atoms with van der Waals surface area (Å²) in [6.07, 6.45) is -4.93. The van der Waals surface area contributed by atoms with Crippen molar-refractivity contribution in [3.05, 3.63) is 39.7 Å². The Morgan fingerprint density at radius 1 is 1.25 bits per heavy atom. The van der Waals surface area contributed by atoms with Gasteiger partial charge in [-0.3, -0.25) is 19.3 Å². The number of phenolic OH excluding ortho intramolecular Hbond substituents is 1. The molecule has 0 aromatic heterocycles. The number of primary amides is 1. The number of aliphatic hydroxyl groups is 3. The molecule has 40 heavy (non-hydrogen) atoms. The van der Waals surface area contributed by atoms with E-state index in [9.17, 15) is 48.0 Å². The van der Waals surface area contributed by atoms with E-state index in [2.05, 4.69) is 9.99 Å². The maximum atomic E-state index is 13.8. The first-order valence-electron chi connectivity index (χ1n) is 12.0. The monoisotopic (exact) mass is 568 g/mol. The van der Waals surface area contributed by atoms with Crippen LogP contribution in [-0.2, 0) is 25.6 Å². The topological polar surface area (TPSA) is 209 Å². The average molecular weight is 569 g/mol. The standard InChI is InChI=1S/C25H27F3N4O8/c1-8(31-40-7-24(26,27)28)10-6-13(29)18(33)15-11(10)4-9-5-12-17(32(2)3)20(35)16(23(30)38)22(37)25(12,39)21(36)14(9)19(15)34/h6,9,12,17,33-34,37,39H,4-5,7,29H2,1-3H3,(H2,30,38)/b31-8+/t9-,12-,17+,25-/m0/s1. The van der Waals surface area contributed by atoms with Gasteiger partial charge in [0.25, 0.3) is 5.91 Å². The number of likely N-dealkylation sites (N-methyl/N-ethyl adjacent to an activating group) is 1. The van der Waals surface area contributed by atoms with E-state index in [-0.39, 0.29) is 40.9 Å². The molecule has 0 radical (unpaired) electrons. The third-order valence-corrected chi connectivity index (χ3v) is 7.57. The van der Waals surface area contributed by atoms with Crippen LogP contribution in [0.15, 0.2) is 28.1 Å². The van der Waals surface area contributed by atoms with Gasteiger partial charge in [-0.15, -0.1) is 0 Å². The smallest absolute Gasteiger partial charge is 0.425 e. The maximum absolute atomic E-state index is 13.8. The summed E-state index contributed by atoms with van der Waals surface area (Å²) in [6.45, 7) is -0.351. The maximum Gasteiger partial charge on any atom is 0.425 e. The van der Waals surface area contributed by atoms with Crippen LogP contribution in [-0.4, -0.2) is 87.0 Å². The van der Waals surface area contributed by atoms with E-state index in [1.807, 2.05) is 0 Å². The molecule has 0 aliphatic heterocycles. The lowest BCUT2D eigenvalue weighted by Gasteiger charge is -2.50. The van der Waals surface area contributed by atoms with Gasteiger partial charge in [0.05, 0.1) is 23.0 Å². The predicted octanol–water partition coefficient (Wildman–Crippen LogP) is 0.849. The van der Waals surface area contributed by atoms with Crippen LogP contribution >= 0.6 is 0 Å². The SMILES string of the molecule is C/C(=N\OCC(F)(F)F)c1cc(N)c(O)c2c1C[C@H]1C[C@H]3[C@@H](N(C)C)C(=O)C(C(N)=O)=C(O)[C@@]3(O)C(=O)C1=C2O. The van der Waals surface area contributed by atoms with Gasteiger partial charge in [-0.1, -0.05) is 5.16 Å². The zero-order valence-corrected chi connectivity index (χ0v) is 21.5. The van der Waals surface area contributed by atoms with Gasteiger partial charge in [0.2, 0.25) is 12.4 Å². The fourth-order valence-electron chi connectivity index (χ4n) is 5.91. The van der Waals surface area contributed by atoms with Crippen molar-refractivity contribution in [1.29, 1.82) is 0 Å². The number of anilines is 1. The van der Waals surface area contributed by atoms with Crippen LogP contribution in [0.5, 0.6) is 5.75 Å². The molecule has 4 rings (SSSR count). The number of carbonyl (C=O) groups is 3. The first-order valence-corrected chi connectivity index (χ1v) is 12.0. The second kappa shape index (κ2) is 9.52. The van der Waals surface area contributed by atoms with E-state index in [0.717, 1.165) is 0 Å². The number of nitrogens with zero attached hydrogens (tertiary/aromatic N) is 2. The summed E-state index contributed by atoms with van der Waals surface area (Å²) in [7, 11) is 2.93. The normalized spacial score (nSPS) is 27.0. The summed E-state index contributed by atoms with van der Waals surface area (Å²) in [5, 5.41) is 47.9. The molecule has 0 saturated heterocycles. The van der Waals surface area contributed by atoms with Crippen molar-refractivity contribution in [2.45, 2.75) is 37.6 Å². The van der Waals surface area contributed by atoms with Crippen molar-refractivity contribution in [2.75, 3.05) is 26.4 Å². The highest BCUT2D eigenvalue weighted by Crippen LogP contribution is 2.53. The number of halogens is 3. The number of fused-ring (bicyclic) bond motifs is 3. The number of aliphatic hydroxyl groups excluding tert-OH is 2. The van der Waals surface area contributed by atoms with Gasteiger partial charge < -0.3 is 36.7 Å². The van der Waals surface area contributed by atoms with E-state index >= 15 is 0 Å². The molecule has 1 saturated carbocycles. The molecule has 1 aromatic rings. The fraction of sp³-hybridized carbons (Fsp3) is 0.440. The first kappa shape index (κ1) is 28.9. The van der Waals surface area contributed by atoms with Crippen molar-refractivity contribution < 1.29 is 52.8 Å². The number of aromatic hydroxyl groups is 1. The van der Waals surface area contributed by atoms with Crippen molar-refractivity contribution >= 4 is 34.6 Å². The number of phenols is 1. The van der Waals surface area contributed by atoms with E-state index in [0.29, 0.717) is 0 Å². The molecule has 1 aromatic carbocycles. The molecule has 216 valence electrons. The summed E-state index contributed by atoms with van der Waals surface area (Å²) in [5.41, 5.74) is 6.60. The van der Waals surface area contributed by atoms with Gasteiger partial charge in [-0.25, -0.2) is 0 Å². The average Bonchev–Trinajstić information content (AvgIpc) is 2.82. The number of amides is 1. The van der Waals surface area contributed by atoms with E-state index in [1.165, 1.54) is 32.0 Å². The molecular formula is C25H27F3N4O8. The van der Waals surface area contributed by atoms with Crippen LogP contribution in [0.4, 0.5) is 18.9 Å². The molecule has 4 atom stereocenters. The number of hydrogen-bond donors (Lipinski definition) is 6. The zero-order valence-electron chi connectivity index (χ0n) is 21.5. The number of Topliss-reactive ketones (excluding diaryl/α,β-unsaturated/α-hetero) is 2. The van der Waals surface area contributed by atoms with E-state index < -0.39 is 82.1 Å². The third-order valence-electron chi connectivity index (χ3n) is 7.57. The molecule has 12 nitrogen and oxygen atoms in total. The Hall–Kier alpha value is -4.11. The summed E-state index contributed by atoms with van der Waals surface area (Å²) >= 11 is 0. The summed E-state index contributed by atoms with van der Waals surface area (Å²) in [6, 6.07) is -0.0419. The van der Waals surface area contributed by atoms with Crippen molar-refractivity contribution in [3.8, 4) is 5.75 Å². The molecule has 3 aliphatic rings. The molecule has 1 amide bonds. The molecule has 0 spiro atoms. The Balaban J connectivity index is 1.92. The molecule has 1 fully saturated rings. The van der Waals surface area contributed by atoms with Gasteiger partial charge in [-0.05, 0) is 51.4 Å². The van der Waals surface area contributed by atoms with E-state index in [4.69, 9.17) is 11.5 Å². The summed E-state index contributed by atoms with van der Waals surface area (Å²) < 4.78 is 37.6. The number of alkyl halides is 3. The zero-order chi connectivity index (χ0) is 30.1. The van der Waals surface area contributed by atoms with Gasteiger partial charge in [-0.2, -0.15) is 13.2 Å². The molecule has 0 heterocycles. The van der Waals surface area contributed by atoms with E-state index in [1.54, 1.807) is 0 Å². The Kier molecular flexibility index (Phi) is 6.87. The lowest BCUT2D eigenvalue weighted by Crippen LogP contribution is -2.65. The molecule has 0 unspecified atom stereocenters. The minimum Gasteiger partial charge on any atom is -0.508 e. The first-order chi connectivity index (χ1) is 18.4. The molecule has 0 bridgehead atoms.